The van der Waals surface area contributed by atoms with E-state index in [1.165, 1.54) is 5.56 Å². The van der Waals surface area contributed by atoms with E-state index in [4.69, 9.17) is 9.47 Å². The number of likely N-dealkylation sites (N-methyl/N-ethyl adjacent to an activating group) is 1. The minimum Gasteiger partial charge on any atom is -0.343 e. The summed E-state index contributed by atoms with van der Waals surface area (Å²) in [6.45, 7) is 2.16. The molecule has 16 heavy (non-hydrogen) atoms. The van der Waals surface area contributed by atoms with Crippen LogP contribution in [0, 0.1) is 0 Å². The number of rotatable bonds is 6. The molecule has 1 aromatic rings. The third kappa shape index (κ3) is 3.59. The van der Waals surface area contributed by atoms with Crippen molar-refractivity contribution in [1.82, 2.24) is 4.90 Å². The smallest absolute Gasteiger partial charge is 0.218 e. The summed E-state index contributed by atoms with van der Waals surface area (Å²) in [4.78, 5) is 2.08. The molecule has 0 aliphatic heterocycles. The molecule has 0 N–H and O–H groups in total. The number of hydrogen-bond acceptors (Lipinski definition) is 3. The van der Waals surface area contributed by atoms with E-state index in [1.807, 2.05) is 13.1 Å². The van der Waals surface area contributed by atoms with Gasteiger partial charge in [0, 0.05) is 20.3 Å². The van der Waals surface area contributed by atoms with Crippen molar-refractivity contribution in [3.05, 3.63) is 35.9 Å². The van der Waals surface area contributed by atoms with Crippen LogP contribution in [0.3, 0.4) is 0 Å². The monoisotopic (exact) mass is 223 g/mol. The minimum atomic E-state index is -0.279. The van der Waals surface area contributed by atoms with Crippen LogP contribution in [0.15, 0.2) is 30.3 Å². The van der Waals surface area contributed by atoms with Gasteiger partial charge in [0.15, 0.2) is 0 Å². The Morgan fingerprint density at radius 3 is 2.19 bits per heavy atom. The largest absolute Gasteiger partial charge is 0.343 e. The molecule has 3 heteroatoms. The van der Waals surface area contributed by atoms with Gasteiger partial charge < -0.3 is 9.47 Å². The highest BCUT2D eigenvalue weighted by molar-refractivity contribution is 5.15. The Morgan fingerprint density at radius 1 is 1.12 bits per heavy atom. The molecule has 0 saturated carbocycles. The molecule has 90 valence electrons. The van der Waals surface area contributed by atoms with Crippen LogP contribution in [0.1, 0.15) is 12.5 Å². The van der Waals surface area contributed by atoms with Gasteiger partial charge in [-0.1, -0.05) is 30.3 Å². The van der Waals surface area contributed by atoms with E-state index in [0.29, 0.717) is 6.04 Å². The maximum Gasteiger partial charge on any atom is 0.218 e. The first-order valence-electron chi connectivity index (χ1n) is 5.50. The molecule has 0 fully saturated rings. The van der Waals surface area contributed by atoms with Crippen LogP contribution in [0.25, 0.3) is 0 Å². The molecular weight excluding hydrogens is 202 g/mol. The fourth-order valence-electron chi connectivity index (χ4n) is 1.74. The lowest BCUT2D eigenvalue weighted by molar-refractivity contribution is -0.197. The molecule has 0 aliphatic carbocycles. The lowest BCUT2D eigenvalue weighted by Gasteiger charge is -2.30. The summed E-state index contributed by atoms with van der Waals surface area (Å²) in [5.74, 6) is 0. The Balaban J connectivity index is 2.54. The van der Waals surface area contributed by atoms with Gasteiger partial charge in [-0.3, -0.25) is 4.90 Å². The molecule has 0 spiro atoms. The van der Waals surface area contributed by atoms with E-state index in [2.05, 4.69) is 36.1 Å². The zero-order valence-corrected chi connectivity index (χ0v) is 10.5. The Labute approximate surface area is 98.0 Å². The third-order valence-corrected chi connectivity index (χ3v) is 2.80. The predicted octanol–water partition coefficient (Wildman–Crippen LogP) is 2.13. The van der Waals surface area contributed by atoms with Crippen molar-refractivity contribution in [2.75, 3.05) is 21.3 Å². The fraction of sp³-hybridized carbons (Fsp3) is 0.538. The lowest BCUT2D eigenvalue weighted by atomic mass is 10.1. The molecule has 0 heterocycles. The topological polar surface area (TPSA) is 21.7 Å². The lowest BCUT2D eigenvalue weighted by Crippen LogP contribution is -2.41. The van der Waals surface area contributed by atoms with Crippen molar-refractivity contribution < 1.29 is 9.47 Å². The summed E-state index contributed by atoms with van der Waals surface area (Å²) in [5.41, 5.74) is 1.33. The van der Waals surface area contributed by atoms with Crippen LogP contribution < -0.4 is 0 Å². The Morgan fingerprint density at radius 2 is 1.69 bits per heavy atom. The Hall–Kier alpha value is -0.900. The second-order valence-corrected chi connectivity index (χ2v) is 3.98. The van der Waals surface area contributed by atoms with Crippen molar-refractivity contribution in [2.24, 2.45) is 0 Å². The van der Waals surface area contributed by atoms with Gasteiger partial charge in [0.1, 0.15) is 0 Å². The number of methoxy groups -OCH3 is 2. The molecule has 1 aromatic carbocycles. The second kappa shape index (κ2) is 6.63. The molecule has 1 rings (SSSR count). The van der Waals surface area contributed by atoms with Gasteiger partial charge in [-0.05, 0) is 26.0 Å². The van der Waals surface area contributed by atoms with Gasteiger partial charge in [-0.2, -0.15) is 0 Å². The first kappa shape index (κ1) is 13.2. The molecule has 0 radical (unpaired) electrons. The van der Waals surface area contributed by atoms with Crippen LogP contribution >= 0.6 is 0 Å². The van der Waals surface area contributed by atoms with Gasteiger partial charge in [-0.15, -0.1) is 0 Å². The van der Waals surface area contributed by atoms with Gasteiger partial charge in [0.25, 0.3) is 0 Å². The highest BCUT2D eigenvalue weighted by Gasteiger charge is 2.18. The summed E-state index contributed by atoms with van der Waals surface area (Å²) in [6.07, 6.45) is 0.708. The van der Waals surface area contributed by atoms with Gasteiger partial charge in [0.05, 0.1) is 0 Å². The van der Waals surface area contributed by atoms with Gasteiger partial charge in [-0.25, -0.2) is 0 Å². The number of hydrogen-bond donors (Lipinski definition) is 0. The Kier molecular flexibility index (Phi) is 5.46. The second-order valence-electron chi connectivity index (χ2n) is 3.98. The van der Waals surface area contributed by atoms with Crippen LogP contribution in [0.5, 0.6) is 0 Å². The Bertz CT molecular complexity index is 285. The third-order valence-electron chi connectivity index (χ3n) is 2.80. The van der Waals surface area contributed by atoms with E-state index >= 15 is 0 Å². The normalized spacial score (nSPS) is 13.4. The maximum absolute atomic E-state index is 5.22. The molecular formula is C13H21NO2. The average Bonchev–Trinajstić information content (AvgIpc) is 2.31. The van der Waals surface area contributed by atoms with Gasteiger partial charge in [0.2, 0.25) is 6.41 Å². The minimum absolute atomic E-state index is 0.279. The first-order chi connectivity index (χ1) is 7.69. The summed E-state index contributed by atoms with van der Waals surface area (Å²) < 4.78 is 10.4. The molecule has 1 unspecified atom stereocenters. The standard InChI is InChI=1S/C13H21NO2/c1-11(14(2)13(15-3)16-4)10-12-8-6-5-7-9-12/h5-9,11,13H,10H2,1-4H3. The van der Waals surface area contributed by atoms with E-state index in [-0.39, 0.29) is 6.41 Å². The molecule has 0 aliphatic rings. The van der Waals surface area contributed by atoms with Gasteiger partial charge >= 0.3 is 0 Å². The quantitative estimate of drug-likeness (QED) is 0.690. The molecule has 0 amide bonds. The zero-order valence-electron chi connectivity index (χ0n) is 10.5. The van der Waals surface area contributed by atoms with E-state index < -0.39 is 0 Å². The number of ether oxygens (including phenoxy) is 2. The molecule has 3 nitrogen and oxygen atoms in total. The fourth-order valence-corrected chi connectivity index (χ4v) is 1.74. The van der Waals surface area contributed by atoms with Crippen molar-refractivity contribution in [3.63, 3.8) is 0 Å². The van der Waals surface area contributed by atoms with Crippen molar-refractivity contribution >= 4 is 0 Å². The highest BCUT2D eigenvalue weighted by atomic mass is 16.7. The molecule has 0 aromatic heterocycles. The average molecular weight is 223 g/mol. The molecule has 1 atom stereocenters. The van der Waals surface area contributed by atoms with Crippen molar-refractivity contribution in [2.45, 2.75) is 25.8 Å². The highest BCUT2D eigenvalue weighted by Crippen LogP contribution is 2.10. The number of benzene rings is 1. The summed E-state index contributed by atoms with van der Waals surface area (Å²) in [5, 5.41) is 0. The zero-order chi connectivity index (χ0) is 12.0. The number of nitrogens with zero attached hydrogens (tertiary/aromatic N) is 1. The first-order valence-corrected chi connectivity index (χ1v) is 5.50. The summed E-state index contributed by atoms with van der Waals surface area (Å²) >= 11 is 0. The van der Waals surface area contributed by atoms with Crippen LogP contribution in [-0.4, -0.2) is 38.6 Å². The maximum atomic E-state index is 5.22. The predicted molar refractivity (Wildman–Crippen MR) is 65.2 cm³/mol. The molecule has 0 bridgehead atoms. The summed E-state index contributed by atoms with van der Waals surface area (Å²) in [6, 6.07) is 10.8. The van der Waals surface area contributed by atoms with Crippen LogP contribution in [0.2, 0.25) is 0 Å². The summed E-state index contributed by atoms with van der Waals surface area (Å²) in [7, 11) is 5.31. The van der Waals surface area contributed by atoms with Crippen LogP contribution in [-0.2, 0) is 15.9 Å². The van der Waals surface area contributed by atoms with E-state index in [1.54, 1.807) is 14.2 Å². The van der Waals surface area contributed by atoms with E-state index in [9.17, 15) is 0 Å². The molecule has 0 saturated heterocycles. The van der Waals surface area contributed by atoms with Crippen molar-refractivity contribution in [1.29, 1.82) is 0 Å². The van der Waals surface area contributed by atoms with E-state index in [0.717, 1.165) is 6.42 Å². The van der Waals surface area contributed by atoms with Crippen LogP contribution in [0.4, 0.5) is 0 Å². The van der Waals surface area contributed by atoms with Crippen molar-refractivity contribution in [3.8, 4) is 0 Å². The SMILES string of the molecule is COC(OC)N(C)C(C)Cc1ccccc1.